The Balaban J connectivity index is 1.70. The number of carbonyl (C=O) groups excluding carboxylic acids is 3. The number of amides is 3. The molecule has 198 valence electrons. The van der Waals surface area contributed by atoms with E-state index in [9.17, 15) is 22.8 Å². The molecule has 1 aliphatic rings. The Labute approximate surface area is 220 Å². The molecule has 0 aliphatic carbocycles. The Morgan fingerprint density at radius 1 is 0.974 bits per heavy atom. The van der Waals surface area contributed by atoms with Crippen LogP contribution in [0.1, 0.15) is 27.9 Å². The van der Waals surface area contributed by atoms with Crippen molar-refractivity contribution in [2.24, 2.45) is 5.14 Å². The molecule has 2 N–H and O–H groups in total. The molecule has 3 aromatic rings. The fraction of sp³-hybridized carbons (Fsp3) is 0.222. The van der Waals surface area contributed by atoms with Crippen LogP contribution in [-0.4, -0.2) is 51.3 Å². The highest BCUT2D eigenvalue weighted by molar-refractivity contribution is 7.89. The molecular formula is C27H27N3O7S. The van der Waals surface area contributed by atoms with Crippen molar-refractivity contribution in [2.75, 3.05) is 19.1 Å². The van der Waals surface area contributed by atoms with Crippen LogP contribution in [0.3, 0.4) is 0 Å². The molecule has 1 heterocycles. The highest BCUT2D eigenvalue weighted by Gasteiger charge is 2.44. The van der Waals surface area contributed by atoms with E-state index in [-0.39, 0.29) is 29.1 Å². The van der Waals surface area contributed by atoms with Gasteiger partial charge in [0.05, 0.1) is 31.2 Å². The summed E-state index contributed by atoms with van der Waals surface area (Å²) in [6.45, 7) is 2.02. The smallest absolute Gasteiger partial charge is 0.257 e. The number of sulfonamides is 1. The molecule has 0 radical (unpaired) electrons. The number of nitrogens with zero attached hydrogens (tertiary/aromatic N) is 2. The molecule has 1 unspecified atom stereocenters. The third-order valence-corrected chi connectivity index (χ3v) is 7.22. The van der Waals surface area contributed by atoms with Crippen molar-refractivity contribution in [1.82, 2.24) is 4.90 Å². The highest BCUT2D eigenvalue weighted by Crippen LogP contribution is 2.31. The van der Waals surface area contributed by atoms with Crippen molar-refractivity contribution in [3.63, 3.8) is 0 Å². The van der Waals surface area contributed by atoms with Gasteiger partial charge in [-0.05, 0) is 55.0 Å². The van der Waals surface area contributed by atoms with E-state index >= 15 is 0 Å². The number of benzene rings is 3. The van der Waals surface area contributed by atoms with E-state index in [4.69, 9.17) is 14.6 Å². The zero-order chi connectivity index (χ0) is 27.6. The molecule has 11 heteroatoms. The van der Waals surface area contributed by atoms with E-state index in [1.807, 2.05) is 31.2 Å². The summed E-state index contributed by atoms with van der Waals surface area (Å²) in [6.07, 6.45) is -0.235. The molecule has 1 atom stereocenters. The van der Waals surface area contributed by atoms with Crippen LogP contribution in [0.15, 0.2) is 71.6 Å². The van der Waals surface area contributed by atoms with Gasteiger partial charge in [0.15, 0.2) is 11.5 Å². The number of hydrogen-bond acceptors (Lipinski definition) is 7. The topological polar surface area (TPSA) is 136 Å². The van der Waals surface area contributed by atoms with Gasteiger partial charge in [-0.25, -0.2) is 18.5 Å². The predicted octanol–water partition coefficient (Wildman–Crippen LogP) is 2.63. The number of imide groups is 1. The number of ether oxygens (including phenoxy) is 2. The van der Waals surface area contributed by atoms with Gasteiger partial charge in [0.2, 0.25) is 15.9 Å². The van der Waals surface area contributed by atoms with Crippen molar-refractivity contribution < 1.29 is 32.3 Å². The molecule has 1 fully saturated rings. The van der Waals surface area contributed by atoms with Crippen molar-refractivity contribution in [3.05, 3.63) is 83.4 Å². The number of anilines is 1. The van der Waals surface area contributed by atoms with E-state index < -0.39 is 33.8 Å². The van der Waals surface area contributed by atoms with Gasteiger partial charge in [0, 0.05) is 12.1 Å². The SMILES string of the molecule is COc1ccc(C(=O)N(Cc2ccc(C)cc2)C2CC(=O)N(c3ccc(S(N)(=O)=O)cc3)C2=O)cc1OC. The largest absolute Gasteiger partial charge is 0.493 e. The summed E-state index contributed by atoms with van der Waals surface area (Å²) in [6, 6.07) is 16.2. The Morgan fingerprint density at radius 3 is 2.18 bits per heavy atom. The summed E-state index contributed by atoms with van der Waals surface area (Å²) in [7, 11) is -1.01. The first-order valence-electron chi connectivity index (χ1n) is 11.6. The molecule has 0 spiro atoms. The van der Waals surface area contributed by atoms with Gasteiger partial charge in [-0.1, -0.05) is 29.8 Å². The molecule has 0 aromatic heterocycles. The quantitative estimate of drug-likeness (QED) is 0.436. The van der Waals surface area contributed by atoms with Crippen LogP contribution in [0.2, 0.25) is 0 Å². The van der Waals surface area contributed by atoms with Crippen LogP contribution in [0.25, 0.3) is 0 Å². The lowest BCUT2D eigenvalue weighted by Gasteiger charge is -2.28. The van der Waals surface area contributed by atoms with Crippen LogP contribution in [-0.2, 0) is 26.2 Å². The maximum absolute atomic E-state index is 13.8. The summed E-state index contributed by atoms with van der Waals surface area (Å²) >= 11 is 0. The minimum atomic E-state index is -3.95. The Hall–Kier alpha value is -4.22. The molecule has 3 amide bonds. The maximum Gasteiger partial charge on any atom is 0.257 e. The molecule has 3 aromatic carbocycles. The number of aryl methyl sites for hydroxylation is 1. The van der Waals surface area contributed by atoms with Gasteiger partial charge >= 0.3 is 0 Å². The van der Waals surface area contributed by atoms with Crippen LogP contribution in [0.5, 0.6) is 11.5 Å². The minimum Gasteiger partial charge on any atom is -0.493 e. The lowest BCUT2D eigenvalue weighted by atomic mass is 10.1. The number of carbonyl (C=O) groups is 3. The van der Waals surface area contributed by atoms with Gasteiger partial charge in [0.1, 0.15) is 6.04 Å². The monoisotopic (exact) mass is 537 g/mol. The van der Waals surface area contributed by atoms with Crippen molar-refractivity contribution in [3.8, 4) is 11.5 Å². The summed E-state index contributed by atoms with van der Waals surface area (Å²) in [5.41, 5.74) is 2.25. The zero-order valence-corrected chi connectivity index (χ0v) is 21.9. The molecule has 1 saturated heterocycles. The van der Waals surface area contributed by atoms with Crippen LogP contribution in [0, 0.1) is 6.92 Å². The molecule has 0 bridgehead atoms. The second-order valence-corrected chi connectivity index (χ2v) is 10.4. The Kier molecular flexibility index (Phi) is 7.51. The minimum absolute atomic E-state index is 0.0787. The fourth-order valence-corrected chi connectivity index (χ4v) is 4.78. The van der Waals surface area contributed by atoms with Gasteiger partial charge in [-0.2, -0.15) is 0 Å². The second-order valence-electron chi connectivity index (χ2n) is 8.81. The molecule has 0 saturated carbocycles. The van der Waals surface area contributed by atoms with E-state index in [0.717, 1.165) is 16.0 Å². The standard InChI is InChI=1S/C27H27N3O7S/c1-17-4-6-18(7-5-17)16-29(26(32)19-8-13-23(36-2)24(14-19)37-3)22-15-25(31)30(27(22)33)20-9-11-21(12-10-20)38(28,34)35/h4-14,22H,15-16H2,1-3H3,(H2,28,34,35). The normalized spacial score (nSPS) is 15.5. The average Bonchev–Trinajstić information content (AvgIpc) is 3.20. The summed E-state index contributed by atoms with van der Waals surface area (Å²) in [5.74, 6) is -0.796. The number of hydrogen-bond donors (Lipinski definition) is 1. The van der Waals surface area contributed by atoms with Gasteiger partial charge in [0.25, 0.3) is 11.8 Å². The molecule has 4 rings (SSSR count). The van der Waals surface area contributed by atoms with Crippen molar-refractivity contribution in [2.45, 2.75) is 30.8 Å². The first kappa shape index (κ1) is 26.8. The average molecular weight is 538 g/mol. The lowest BCUT2D eigenvalue weighted by Crippen LogP contribution is -2.45. The van der Waals surface area contributed by atoms with Crippen molar-refractivity contribution >= 4 is 33.4 Å². The van der Waals surface area contributed by atoms with E-state index in [1.54, 1.807) is 12.1 Å². The molecule has 10 nitrogen and oxygen atoms in total. The second kappa shape index (κ2) is 10.6. The number of nitrogens with two attached hydrogens (primary N) is 1. The van der Waals surface area contributed by atoms with E-state index in [0.29, 0.717) is 11.5 Å². The van der Waals surface area contributed by atoms with E-state index in [2.05, 4.69) is 0 Å². The summed E-state index contributed by atoms with van der Waals surface area (Å²) in [5, 5.41) is 5.15. The fourth-order valence-electron chi connectivity index (χ4n) is 4.26. The van der Waals surface area contributed by atoms with E-state index in [1.165, 1.54) is 49.5 Å². The maximum atomic E-state index is 13.8. The van der Waals surface area contributed by atoms with Crippen LogP contribution in [0.4, 0.5) is 5.69 Å². The summed E-state index contributed by atoms with van der Waals surface area (Å²) in [4.78, 5) is 42.5. The predicted molar refractivity (Wildman–Crippen MR) is 139 cm³/mol. The first-order valence-corrected chi connectivity index (χ1v) is 13.2. The zero-order valence-electron chi connectivity index (χ0n) is 21.1. The highest BCUT2D eigenvalue weighted by atomic mass is 32.2. The van der Waals surface area contributed by atoms with Gasteiger partial charge in [-0.3, -0.25) is 14.4 Å². The first-order chi connectivity index (χ1) is 18.0. The van der Waals surface area contributed by atoms with Gasteiger partial charge < -0.3 is 14.4 Å². The molecule has 1 aliphatic heterocycles. The Morgan fingerprint density at radius 2 is 1.61 bits per heavy atom. The third kappa shape index (κ3) is 5.38. The molecule has 38 heavy (non-hydrogen) atoms. The number of primary sulfonamides is 1. The Bertz CT molecular complexity index is 1490. The third-order valence-electron chi connectivity index (χ3n) is 6.29. The van der Waals surface area contributed by atoms with Crippen LogP contribution >= 0.6 is 0 Å². The molecular weight excluding hydrogens is 510 g/mol. The summed E-state index contributed by atoms with van der Waals surface area (Å²) < 4.78 is 33.8. The van der Waals surface area contributed by atoms with Crippen LogP contribution < -0.4 is 19.5 Å². The van der Waals surface area contributed by atoms with Gasteiger partial charge in [-0.15, -0.1) is 0 Å². The number of rotatable bonds is 8. The number of methoxy groups -OCH3 is 2. The lowest BCUT2D eigenvalue weighted by molar-refractivity contribution is -0.122. The van der Waals surface area contributed by atoms with Crippen molar-refractivity contribution in [1.29, 1.82) is 0 Å².